The predicted molar refractivity (Wildman–Crippen MR) is 54.9 cm³/mol. The van der Waals surface area contributed by atoms with Crippen LogP contribution in [0.4, 0.5) is 0 Å². The molecule has 0 fully saturated rings. The first kappa shape index (κ1) is 13.8. The number of hydrogen-bond donors (Lipinski definition) is 1. The van der Waals surface area contributed by atoms with E-state index in [0.29, 0.717) is 0 Å². The average molecular weight is 306 g/mol. The summed E-state index contributed by atoms with van der Waals surface area (Å²) in [5, 5.41) is -1.11. The molecule has 0 aromatic carbocycles. The number of hydrogen-bond acceptors (Lipinski definition) is 2. The summed E-state index contributed by atoms with van der Waals surface area (Å²) in [7, 11) is -4.60. The van der Waals surface area contributed by atoms with Crippen LogP contribution in [0.1, 0.15) is 0 Å². The molecule has 0 radical (unpaired) electrons. The van der Waals surface area contributed by atoms with Crippen LogP contribution in [0, 0.1) is 0 Å². The quantitative estimate of drug-likeness (QED) is 0.628. The molecule has 0 atom stereocenters. The minimum absolute atomic E-state index is 0.464. The summed E-state index contributed by atoms with van der Waals surface area (Å²) in [6, 6.07) is 0. The Morgan fingerprint density at radius 2 is 1.31 bits per heavy atom. The van der Waals surface area contributed by atoms with Crippen LogP contribution in [0.5, 0.6) is 0 Å². The molecular weight excluding hydrogens is 305 g/mol. The van der Waals surface area contributed by atoms with Crippen LogP contribution in [0.25, 0.3) is 0 Å². The van der Waals surface area contributed by atoms with Crippen molar-refractivity contribution in [1.82, 2.24) is 0 Å². The van der Waals surface area contributed by atoms with Crippen LogP contribution in [-0.2, 0) is 10.1 Å². The monoisotopic (exact) mass is 304 g/mol. The Morgan fingerprint density at radius 3 is 1.54 bits per heavy atom. The molecule has 0 amide bonds. The van der Waals surface area contributed by atoms with Gasteiger partial charge in [-0.1, -0.05) is 58.0 Å². The van der Waals surface area contributed by atoms with Gasteiger partial charge in [0.05, 0.1) is 10.1 Å². The standard InChI is InChI=1S/C4HCl5O3S/c5-1(3(7)8)2(6)4(9)13(10,11)12/h(H,10,11,12). The van der Waals surface area contributed by atoms with Gasteiger partial charge in [0, 0.05) is 0 Å². The van der Waals surface area contributed by atoms with E-state index in [9.17, 15) is 8.42 Å². The molecule has 0 saturated heterocycles. The lowest BCUT2D eigenvalue weighted by molar-refractivity contribution is 0.493. The van der Waals surface area contributed by atoms with Gasteiger partial charge in [-0.05, 0) is 0 Å². The van der Waals surface area contributed by atoms with Gasteiger partial charge in [-0.3, -0.25) is 4.55 Å². The van der Waals surface area contributed by atoms with Crippen LogP contribution in [0.15, 0.2) is 18.9 Å². The van der Waals surface area contributed by atoms with Crippen molar-refractivity contribution in [3.63, 3.8) is 0 Å². The molecule has 0 spiro atoms. The first-order valence-corrected chi connectivity index (χ1v) is 5.74. The first-order chi connectivity index (χ1) is 5.68. The molecule has 9 heteroatoms. The summed E-state index contributed by atoms with van der Waals surface area (Å²) in [4.78, 5) is 0. The van der Waals surface area contributed by atoms with Gasteiger partial charge in [0.2, 0.25) is 0 Å². The van der Waals surface area contributed by atoms with Gasteiger partial charge in [-0.15, -0.1) is 0 Å². The summed E-state index contributed by atoms with van der Waals surface area (Å²) >= 11 is 26.1. The third-order valence-corrected chi connectivity index (χ3v) is 3.82. The van der Waals surface area contributed by atoms with Crippen LogP contribution < -0.4 is 0 Å². The van der Waals surface area contributed by atoms with Gasteiger partial charge in [0.15, 0.2) is 4.36 Å². The SMILES string of the molecule is O=S(=O)(O)C(Cl)=C(Cl)C(Cl)=C(Cl)Cl. The number of allylic oxidation sites excluding steroid dienone is 2. The molecule has 0 aliphatic carbocycles. The molecule has 13 heavy (non-hydrogen) atoms. The van der Waals surface area contributed by atoms with Gasteiger partial charge >= 0.3 is 10.1 Å². The Balaban J connectivity index is 5.45. The topological polar surface area (TPSA) is 54.4 Å². The third kappa shape index (κ3) is 4.25. The zero-order chi connectivity index (χ0) is 10.8. The van der Waals surface area contributed by atoms with Crippen molar-refractivity contribution in [1.29, 1.82) is 0 Å². The lowest BCUT2D eigenvalue weighted by atomic mass is 10.6. The van der Waals surface area contributed by atoms with E-state index < -0.39 is 29.0 Å². The smallest absolute Gasteiger partial charge is 0.281 e. The maximum Gasteiger partial charge on any atom is 0.307 e. The summed E-state index contributed by atoms with van der Waals surface area (Å²) < 4.78 is 27.7. The van der Waals surface area contributed by atoms with E-state index in [0.717, 1.165) is 0 Å². The van der Waals surface area contributed by atoms with Crippen molar-refractivity contribution in [2.45, 2.75) is 0 Å². The first-order valence-electron chi connectivity index (χ1n) is 2.41. The number of rotatable bonds is 2. The molecular formula is C4HCl5O3S. The van der Waals surface area contributed by atoms with E-state index in [1.54, 1.807) is 0 Å². The van der Waals surface area contributed by atoms with E-state index in [4.69, 9.17) is 62.6 Å². The molecule has 0 aliphatic heterocycles. The fourth-order valence-electron chi connectivity index (χ4n) is 0.282. The third-order valence-electron chi connectivity index (χ3n) is 0.758. The van der Waals surface area contributed by atoms with E-state index in [1.165, 1.54) is 0 Å². The van der Waals surface area contributed by atoms with Crippen molar-refractivity contribution in [3.05, 3.63) is 18.9 Å². The maximum atomic E-state index is 10.4. The van der Waals surface area contributed by atoms with Gasteiger partial charge in [0.25, 0.3) is 0 Å². The minimum Gasteiger partial charge on any atom is -0.281 e. The van der Waals surface area contributed by atoms with Crippen molar-refractivity contribution >= 4 is 68.1 Å². The Labute approximate surface area is 99.6 Å². The van der Waals surface area contributed by atoms with Crippen molar-refractivity contribution < 1.29 is 13.0 Å². The molecule has 0 rings (SSSR count). The number of halogens is 5. The molecule has 1 N–H and O–H groups in total. The van der Waals surface area contributed by atoms with Gasteiger partial charge in [-0.25, -0.2) is 0 Å². The lowest BCUT2D eigenvalue weighted by Crippen LogP contribution is -1.98. The average Bonchev–Trinajstić information content (AvgIpc) is 1.98. The van der Waals surface area contributed by atoms with Crippen LogP contribution in [0.2, 0.25) is 0 Å². The van der Waals surface area contributed by atoms with Crippen molar-refractivity contribution in [3.8, 4) is 0 Å². The summed E-state index contributed by atoms with van der Waals surface area (Å²) in [5.41, 5.74) is 0. The van der Waals surface area contributed by atoms with Crippen LogP contribution in [-0.4, -0.2) is 13.0 Å². The van der Waals surface area contributed by atoms with E-state index in [2.05, 4.69) is 0 Å². The lowest BCUT2D eigenvalue weighted by Gasteiger charge is -1.99. The van der Waals surface area contributed by atoms with Crippen molar-refractivity contribution in [2.75, 3.05) is 0 Å². The predicted octanol–water partition coefficient (Wildman–Crippen LogP) is 3.41. The summed E-state index contributed by atoms with van der Waals surface area (Å²) in [5.74, 6) is 0. The van der Waals surface area contributed by atoms with Gasteiger partial charge in [0.1, 0.15) is 4.49 Å². The Morgan fingerprint density at radius 1 is 0.923 bits per heavy atom. The molecule has 0 aliphatic rings. The molecule has 0 aromatic heterocycles. The minimum atomic E-state index is -4.60. The molecule has 76 valence electrons. The molecule has 0 saturated carbocycles. The fraction of sp³-hybridized carbons (Fsp3) is 0. The summed E-state index contributed by atoms with van der Waals surface area (Å²) in [6.07, 6.45) is 0. The van der Waals surface area contributed by atoms with E-state index in [1.807, 2.05) is 0 Å². The fourth-order valence-corrected chi connectivity index (χ4v) is 1.58. The van der Waals surface area contributed by atoms with Gasteiger partial charge < -0.3 is 0 Å². The Kier molecular flexibility index (Phi) is 5.40. The molecule has 0 aromatic rings. The molecule has 0 unspecified atom stereocenters. The second-order valence-corrected chi connectivity index (χ2v) is 5.30. The molecule has 0 bridgehead atoms. The molecule has 3 nitrogen and oxygen atoms in total. The highest BCUT2D eigenvalue weighted by Crippen LogP contribution is 2.32. The van der Waals surface area contributed by atoms with E-state index >= 15 is 0 Å². The van der Waals surface area contributed by atoms with Crippen LogP contribution in [0.3, 0.4) is 0 Å². The maximum absolute atomic E-state index is 10.4. The van der Waals surface area contributed by atoms with E-state index in [-0.39, 0.29) is 0 Å². The normalized spacial score (nSPS) is 13.7. The largest absolute Gasteiger partial charge is 0.307 e. The highest BCUT2D eigenvalue weighted by molar-refractivity contribution is 7.91. The highest BCUT2D eigenvalue weighted by Gasteiger charge is 2.19. The zero-order valence-electron chi connectivity index (χ0n) is 5.56. The second-order valence-electron chi connectivity index (χ2n) is 1.64. The van der Waals surface area contributed by atoms with Crippen molar-refractivity contribution in [2.24, 2.45) is 0 Å². The van der Waals surface area contributed by atoms with Crippen LogP contribution >= 0.6 is 58.0 Å². The molecule has 0 heterocycles. The van der Waals surface area contributed by atoms with Gasteiger partial charge in [-0.2, -0.15) is 8.42 Å². The highest BCUT2D eigenvalue weighted by atomic mass is 35.5. The Hall–Kier alpha value is 0.840. The second kappa shape index (κ2) is 5.07. The summed E-state index contributed by atoms with van der Waals surface area (Å²) in [6.45, 7) is 0. The zero-order valence-corrected chi connectivity index (χ0v) is 10.2. The Bertz CT molecular complexity index is 363.